The van der Waals surface area contributed by atoms with Crippen LogP contribution in [0.1, 0.15) is 31.1 Å². The van der Waals surface area contributed by atoms with Crippen LogP contribution in [-0.2, 0) is 14.3 Å². The lowest BCUT2D eigenvalue weighted by Crippen LogP contribution is -2.47. The van der Waals surface area contributed by atoms with E-state index in [1.807, 2.05) is 0 Å². The molecule has 0 aliphatic heterocycles. The zero-order valence-corrected chi connectivity index (χ0v) is 17.1. The molecule has 2 amide bonds. The highest BCUT2D eigenvalue weighted by Gasteiger charge is 2.29. The summed E-state index contributed by atoms with van der Waals surface area (Å²) >= 11 is 0. The fourth-order valence-electron chi connectivity index (χ4n) is 2.57. The van der Waals surface area contributed by atoms with E-state index in [1.54, 1.807) is 13.8 Å². The second-order valence-electron chi connectivity index (χ2n) is 7.08. The van der Waals surface area contributed by atoms with Crippen LogP contribution in [0.15, 0.2) is 48.5 Å². The Morgan fingerprint density at radius 2 is 1.71 bits per heavy atom. The highest BCUT2D eigenvalue weighted by atomic mass is 19.1. The summed E-state index contributed by atoms with van der Waals surface area (Å²) in [6.07, 6.45) is -1.23. The predicted octanol–water partition coefficient (Wildman–Crippen LogP) is 3.06. The smallest absolute Gasteiger partial charge is 0.329 e. The molecule has 0 aromatic heterocycles. The van der Waals surface area contributed by atoms with Gasteiger partial charge in [-0.05, 0) is 43.2 Å². The van der Waals surface area contributed by atoms with Crippen LogP contribution in [0, 0.1) is 21.8 Å². The number of esters is 1. The third kappa shape index (κ3) is 6.59. The van der Waals surface area contributed by atoms with E-state index in [4.69, 9.17) is 4.74 Å². The predicted molar refractivity (Wildman–Crippen MR) is 110 cm³/mol. The SMILES string of the molecule is CC(C)[C@@H](NC(=O)c1ccc(F)cc1)C(=O)O[C@H](C)C(=O)Nc1cccc([N+](=O)[O-])c1. The van der Waals surface area contributed by atoms with E-state index in [0.717, 1.165) is 12.1 Å². The molecule has 0 unspecified atom stereocenters. The van der Waals surface area contributed by atoms with Gasteiger partial charge in [-0.25, -0.2) is 9.18 Å². The Morgan fingerprint density at radius 3 is 2.29 bits per heavy atom. The van der Waals surface area contributed by atoms with Crippen molar-refractivity contribution in [3.63, 3.8) is 0 Å². The molecule has 2 aromatic rings. The Hall–Kier alpha value is -3.82. The third-order valence-corrected chi connectivity index (χ3v) is 4.30. The van der Waals surface area contributed by atoms with E-state index in [1.165, 1.54) is 43.3 Å². The van der Waals surface area contributed by atoms with Crippen LogP contribution in [0.2, 0.25) is 0 Å². The Morgan fingerprint density at radius 1 is 1.06 bits per heavy atom. The quantitative estimate of drug-likeness (QED) is 0.376. The Bertz CT molecular complexity index is 977. The van der Waals surface area contributed by atoms with Gasteiger partial charge in [0.2, 0.25) is 0 Å². The van der Waals surface area contributed by atoms with Gasteiger partial charge in [-0.15, -0.1) is 0 Å². The number of halogens is 1. The van der Waals surface area contributed by atoms with Gasteiger partial charge < -0.3 is 15.4 Å². The average molecular weight is 431 g/mol. The number of carbonyl (C=O) groups excluding carboxylic acids is 3. The van der Waals surface area contributed by atoms with E-state index >= 15 is 0 Å². The number of amides is 2. The first-order valence-electron chi connectivity index (χ1n) is 9.40. The second-order valence-corrected chi connectivity index (χ2v) is 7.08. The molecular weight excluding hydrogens is 409 g/mol. The van der Waals surface area contributed by atoms with E-state index in [-0.39, 0.29) is 22.9 Å². The van der Waals surface area contributed by atoms with Crippen LogP contribution >= 0.6 is 0 Å². The maximum atomic E-state index is 13.0. The maximum absolute atomic E-state index is 13.0. The highest BCUT2D eigenvalue weighted by molar-refractivity contribution is 5.98. The van der Waals surface area contributed by atoms with Crippen LogP contribution < -0.4 is 10.6 Å². The highest BCUT2D eigenvalue weighted by Crippen LogP contribution is 2.17. The number of nitrogens with one attached hydrogen (secondary N) is 2. The zero-order chi connectivity index (χ0) is 23.1. The van der Waals surface area contributed by atoms with Crippen molar-refractivity contribution >= 4 is 29.2 Å². The average Bonchev–Trinajstić information content (AvgIpc) is 2.72. The van der Waals surface area contributed by atoms with Crippen molar-refractivity contribution in [2.24, 2.45) is 5.92 Å². The van der Waals surface area contributed by atoms with Crippen LogP contribution in [0.5, 0.6) is 0 Å². The number of carbonyl (C=O) groups is 3. The summed E-state index contributed by atoms with van der Waals surface area (Å²) < 4.78 is 18.2. The summed E-state index contributed by atoms with van der Waals surface area (Å²) in [5, 5.41) is 15.8. The molecule has 0 spiro atoms. The molecule has 2 aromatic carbocycles. The van der Waals surface area contributed by atoms with Gasteiger partial charge in [0.25, 0.3) is 17.5 Å². The fourth-order valence-corrected chi connectivity index (χ4v) is 2.57. The lowest BCUT2D eigenvalue weighted by atomic mass is 10.0. The molecule has 0 saturated heterocycles. The molecule has 0 radical (unpaired) electrons. The van der Waals surface area contributed by atoms with E-state index in [9.17, 15) is 28.9 Å². The lowest BCUT2D eigenvalue weighted by Gasteiger charge is -2.23. The van der Waals surface area contributed by atoms with Gasteiger partial charge >= 0.3 is 5.97 Å². The van der Waals surface area contributed by atoms with Crippen molar-refractivity contribution in [2.75, 3.05) is 5.32 Å². The summed E-state index contributed by atoms with van der Waals surface area (Å²) in [5.74, 6) is -2.97. The molecule has 2 N–H and O–H groups in total. The molecule has 2 atom stereocenters. The van der Waals surface area contributed by atoms with Gasteiger partial charge in [-0.2, -0.15) is 0 Å². The summed E-state index contributed by atoms with van der Waals surface area (Å²) in [7, 11) is 0. The molecule has 0 aliphatic rings. The number of rotatable bonds is 8. The third-order valence-electron chi connectivity index (χ3n) is 4.30. The Balaban J connectivity index is 2.01. The molecule has 164 valence electrons. The molecule has 0 saturated carbocycles. The van der Waals surface area contributed by atoms with Gasteiger partial charge in [0.15, 0.2) is 6.10 Å². The lowest BCUT2D eigenvalue weighted by molar-refractivity contribution is -0.384. The van der Waals surface area contributed by atoms with Gasteiger partial charge in [0.1, 0.15) is 11.9 Å². The van der Waals surface area contributed by atoms with Crippen molar-refractivity contribution in [3.05, 3.63) is 70.0 Å². The summed E-state index contributed by atoms with van der Waals surface area (Å²) in [6.45, 7) is 4.71. The standard InChI is InChI=1S/C21H22FN3O6/c1-12(2)18(24-20(27)14-7-9-15(22)10-8-14)21(28)31-13(3)19(26)23-16-5-4-6-17(11-16)25(29)30/h4-13,18H,1-3H3,(H,23,26)(H,24,27)/t13-,18-/m1/s1. The fraction of sp³-hybridized carbons (Fsp3) is 0.286. The number of benzene rings is 2. The van der Waals surface area contributed by atoms with Gasteiger partial charge in [-0.3, -0.25) is 19.7 Å². The molecule has 0 heterocycles. The number of anilines is 1. The number of nitro groups is 1. The minimum atomic E-state index is -1.23. The number of hydrogen-bond acceptors (Lipinski definition) is 6. The van der Waals surface area contributed by atoms with E-state index in [0.29, 0.717) is 0 Å². The first kappa shape index (κ1) is 23.5. The minimum Gasteiger partial charge on any atom is -0.451 e. The molecule has 31 heavy (non-hydrogen) atoms. The van der Waals surface area contributed by atoms with Crippen molar-refractivity contribution in [1.29, 1.82) is 0 Å². The summed E-state index contributed by atoms with van der Waals surface area (Å²) in [6, 6.07) is 9.07. The normalized spacial score (nSPS) is 12.5. The van der Waals surface area contributed by atoms with Crippen LogP contribution in [-0.4, -0.2) is 34.9 Å². The van der Waals surface area contributed by atoms with Crippen molar-refractivity contribution in [1.82, 2.24) is 5.32 Å². The first-order valence-corrected chi connectivity index (χ1v) is 9.40. The second kappa shape index (κ2) is 10.3. The largest absolute Gasteiger partial charge is 0.451 e. The van der Waals surface area contributed by atoms with Crippen LogP contribution in [0.4, 0.5) is 15.8 Å². The Labute approximate surface area is 177 Å². The summed E-state index contributed by atoms with van der Waals surface area (Å²) in [4.78, 5) is 47.4. The van der Waals surface area contributed by atoms with Crippen molar-refractivity contribution in [3.8, 4) is 0 Å². The van der Waals surface area contributed by atoms with Gasteiger partial charge in [-0.1, -0.05) is 19.9 Å². The van der Waals surface area contributed by atoms with Gasteiger partial charge in [0.05, 0.1) is 4.92 Å². The van der Waals surface area contributed by atoms with Crippen LogP contribution in [0.3, 0.4) is 0 Å². The topological polar surface area (TPSA) is 128 Å². The minimum absolute atomic E-state index is 0.163. The molecule has 10 heteroatoms. The molecule has 0 bridgehead atoms. The van der Waals surface area contributed by atoms with E-state index in [2.05, 4.69) is 10.6 Å². The maximum Gasteiger partial charge on any atom is 0.329 e. The Kier molecular flexibility index (Phi) is 7.78. The monoisotopic (exact) mass is 431 g/mol. The zero-order valence-electron chi connectivity index (χ0n) is 17.1. The molecule has 0 aliphatic carbocycles. The molecule has 2 rings (SSSR count). The number of hydrogen-bond donors (Lipinski definition) is 2. The van der Waals surface area contributed by atoms with Gasteiger partial charge in [0, 0.05) is 23.4 Å². The van der Waals surface area contributed by atoms with E-state index < -0.39 is 40.7 Å². The number of ether oxygens (including phenoxy) is 1. The molecule has 9 nitrogen and oxygen atoms in total. The number of nitrogens with zero attached hydrogens (tertiary/aromatic N) is 1. The van der Waals surface area contributed by atoms with Crippen LogP contribution in [0.25, 0.3) is 0 Å². The number of nitro benzene ring substituents is 1. The van der Waals surface area contributed by atoms with Crippen molar-refractivity contribution in [2.45, 2.75) is 32.9 Å². The molecule has 0 fully saturated rings. The molecular formula is C21H22FN3O6. The first-order chi connectivity index (χ1) is 14.6. The summed E-state index contributed by atoms with van der Waals surface area (Å²) in [5.41, 5.74) is 0.134. The van der Waals surface area contributed by atoms with Crippen molar-refractivity contribution < 1.29 is 28.4 Å². The number of non-ortho nitro benzene ring substituents is 1.